The minimum absolute atomic E-state index is 0. The molecule has 2 aromatic carbocycles. The van der Waals surface area contributed by atoms with Crippen LogP contribution in [0, 0.1) is 0 Å². The summed E-state index contributed by atoms with van der Waals surface area (Å²) in [5.41, 5.74) is 0.263. The summed E-state index contributed by atoms with van der Waals surface area (Å²) in [5, 5.41) is 10.2. The topological polar surface area (TPSA) is 49.8 Å². The normalized spacial score (nSPS) is 11.1. The van der Waals surface area contributed by atoms with E-state index >= 15 is 0 Å². The summed E-state index contributed by atoms with van der Waals surface area (Å²) in [5.74, 6) is -0.417. The predicted octanol–water partition coefficient (Wildman–Crippen LogP) is 3.27. The quantitative estimate of drug-likeness (QED) is 0.681. The number of halogens is 1. The maximum absolute atomic E-state index is 13.1. The van der Waals surface area contributed by atoms with Gasteiger partial charge in [-0.05, 0) is 24.2 Å². The molecule has 0 bridgehead atoms. The van der Waals surface area contributed by atoms with Gasteiger partial charge in [0.15, 0.2) is 0 Å². The van der Waals surface area contributed by atoms with Crippen molar-refractivity contribution in [1.82, 2.24) is 4.90 Å². The Kier molecular flexibility index (Phi) is 9.35. The van der Waals surface area contributed by atoms with Crippen molar-refractivity contribution in [2.75, 3.05) is 32.8 Å². The van der Waals surface area contributed by atoms with Crippen LogP contribution in [0.1, 0.15) is 25.0 Å². The van der Waals surface area contributed by atoms with Crippen molar-refractivity contribution in [2.24, 2.45) is 0 Å². The Hall–Kier alpha value is -1.88. The fourth-order valence-corrected chi connectivity index (χ4v) is 3.03. The SMILES string of the molecule is CCN(CC)CCOC(=O)C(CO)(c1ccccc1)c1ccccc1.Cl. The van der Waals surface area contributed by atoms with Crippen LogP contribution in [-0.2, 0) is 14.9 Å². The van der Waals surface area contributed by atoms with Crippen LogP contribution in [-0.4, -0.2) is 48.8 Å². The van der Waals surface area contributed by atoms with Crippen molar-refractivity contribution in [3.8, 4) is 0 Å². The number of ether oxygens (including phenoxy) is 1. The van der Waals surface area contributed by atoms with Gasteiger partial charge in [-0.15, -0.1) is 12.4 Å². The maximum atomic E-state index is 13.1. The summed E-state index contributed by atoms with van der Waals surface area (Å²) in [7, 11) is 0. The molecular weight excluding hydrogens is 350 g/mol. The molecule has 0 aliphatic rings. The van der Waals surface area contributed by atoms with Crippen LogP contribution >= 0.6 is 12.4 Å². The van der Waals surface area contributed by atoms with E-state index in [-0.39, 0.29) is 19.0 Å². The van der Waals surface area contributed by atoms with Gasteiger partial charge >= 0.3 is 5.97 Å². The summed E-state index contributed by atoms with van der Waals surface area (Å²) in [6.07, 6.45) is 0. The number of esters is 1. The van der Waals surface area contributed by atoms with Crippen molar-refractivity contribution < 1.29 is 14.6 Å². The van der Waals surface area contributed by atoms with Gasteiger partial charge in [0.2, 0.25) is 0 Å². The predicted molar refractivity (Wildman–Crippen MR) is 107 cm³/mol. The molecule has 0 amide bonds. The van der Waals surface area contributed by atoms with Gasteiger partial charge in [0, 0.05) is 6.54 Å². The Bertz CT molecular complexity index is 605. The standard InChI is InChI=1S/C21H27NO3.ClH/c1-3-22(4-2)15-16-25-20(24)21(17-23,18-11-7-5-8-12-18)19-13-9-6-10-14-19;/h5-14,23H,3-4,15-17H2,1-2H3;1H. The average Bonchev–Trinajstić information content (AvgIpc) is 2.68. The highest BCUT2D eigenvalue weighted by Gasteiger charge is 2.43. The second kappa shape index (κ2) is 11.0. The van der Waals surface area contributed by atoms with Gasteiger partial charge in [-0.1, -0.05) is 74.5 Å². The van der Waals surface area contributed by atoms with Gasteiger partial charge in [0.25, 0.3) is 0 Å². The van der Waals surface area contributed by atoms with Gasteiger partial charge in [0.05, 0.1) is 6.61 Å². The molecule has 2 aromatic rings. The maximum Gasteiger partial charge on any atom is 0.323 e. The van der Waals surface area contributed by atoms with Crippen molar-refractivity contribution in [1.29, 1.82) is 0 Å². The molecule has 142 valence electrons. The molecule has 0 radical (unpaired) electrons. The first-order valence-electron chi connectivity index (χ1n) is 8.80. The summed E-state index contributed by atoms with van der Waals surface area (Å²) in [6, 6.07) is 18.7. The number of hydrogen-bond donors (Lipinski definition) is 1. The lowest BCUT2D eigenvalue weighted by molar-refractivity contribution is -0.150. The first kappa shape index (κ1) is 22.2. The largest absolute Gasteiger partial charge is 0.463 e. The number of carbonyl (C=O) groups excluding carboxylic acids is 1. The van der Waals surface area contributed by atoms with E-state index in [9.17, 15) is 9.90 Å². The van der Waals surface area contributed by atoms with Crippen molar-refractivity contribution in [3.63, 3.8) is 0 Å². The number of likely N-dealkylation sites (N-methyl/N-ethyl adjacent to an activating group) is 1. The van der Waals surface area contributed by atoms with Crippen LogP contribution < -0.4 is 0 Å². The molecule has 0 spiro atoms. The van der Waals surface area contributed by atoms with Crippen LogP contribution in [0.2, 0.25) is 0 Å². The van der Waals surface area contributed by atoms with E-state index in [0.29, 0.717) is 13.2 Å². The molecule has 0 unspecified atom stereocenters. The zero-order valence-corrected chi connectivity index (χ0v) is 16.2. The second-order valence-corrected chi connectivity index (χ2v) is 5.96. The zero-order valence-electron chi connectivity index (χ0n) is 15.4. The molecule has 4 nitrogen and oxygen atoms in total. The first-order chi connectivity index (χ1) is 12.2. The Morgan fingerprint density at radius 3 is 1.81 bits per heavy atom. The lowest BCUT2D eigenvalue weighted by Crippen LogP contribution is -2.43. The molecule has 0 atom stereocenters. The molecule has 26 heavy (non-hydrogen) atoms. The second-order valence-electron chi connectivity index (χ2n) is 5.96. The summed E-state index contributed by atoms with van der Waals surface area (Å²) < 4.78 is 5.60. The van der Waals surface area contributed by atoms with Gasteiger partial charge in [-0.3, -0.25) is 4.79 Å². The Balaban J connectivity index is 0.00000338. The molecule has 0 aliphatic carbocycles. The van der Waals surface area contributed by atoms with Crippen molar-refractivity contribution in [3.05, 3.63) is 71.8 Å². The molecule has 0 aromatic heterocycles. The molecule has 0 saturated heterocycles. The van der Waals surface area contributed by atoms with Crippen LogP contribution in [0.5, 0.6) is 0 Å². The third-order valence-corrected chi connectivity index (χ3v) is 4.65. The minimum Gasteiger partial charge on any atom is -0.463 e. The fourth-order valence-electron chi connectivity index (χ4n) is 3.03. The first-order valence-corrected chi connectivity index (χ1v) is 8.80. The lowest BCUT2D eigenvalue weighted by Gasteiger charge is -2.31. The number of nitrogens with zero attached hydrogens (tertiary/aromatic N) is 1. The monoisotopic (exact) mass is 377 g/mol. The van der Waals surface area contributed by atoms with Gasteiger partial charge in [-0.2, -0.15) is 0 Å². The zero-order chi connectivity index (χ0) is 18.1. The average molecular weight is 378 g/mol. The summed E-state index contributed by atoms with van der Waals surface area (Å²) in [6.45, 7) is 6.64. The Labute approximate surface area is 162 Å². The van der Waals surface area contributed by atoms with E-state index in [1.165, 1.54) is 0 Å². The molecule has 2 rings (SSSR count). The van der Waals surface area contributed by atoms with Gasteiger partial charge < -0.3 is 14.7 Å². The number of rotatable bonds is 9. The van der Waals surface area contributed by atoms with E-state index < -0.39 is 11.4 Å². The van der Waals surface area contributed by atoms with Gasteiger partial charge in [-0.25, -0.2) is 0 Å². The third-order valence-electron chi connectivity index (χ3n) is 4.65. The highest BCUT2D eigenvalue weighted by atomic mass is 35.5. The molecule has 5 heteroatoms. The molecule has 1 N–H and O–H groups in total. The van der Waals surface area contributed by atoms with Crippen LogP contribution in [0.4, 0.5) is 0 Å². The number of hydrogen-bond acceptors (Lipinski definition) is 4. The lowest BCUT2D eigenvalue weighted by atomic mass is 9.75. The molecular formula is C21H28ClNO3. The third kappa shape index (κ3) is 4.85. The van der Waals surface area contributed by atoms with E-state index in [1.54, 1.807) is 0 Å². The van der Waals surface area contributed by atoms with E-state index in [4.69, 9.17) is 4.74 Å². The highest BCUT2D eigenvalue weighted by Crippen LogP contribution is 2.33. The highest BCUT2D eigenvalue weighted by molar-refractivity contribution is 5.88. The molecule has 0 heterocycles. The van der Waals surface area contributed by atoms with Crippen LogP contribution in [0.3, 0.4) is 0 Å². The number of carbonyl (C=O) groups is 1. The van der Waals surface area contributed by atoms with E-state index in [2.05, 4.69) is 18.7 Å². The number of aliphatic hydroxyl groups is 1. The minimum atomic E-state index is -1.20. The molecule has 0 aliphatic heterocycles. The van der Waals surface area contributed by atoms with Crippen molar-refractivity contribution >= 4 is 18.4 Å². The Morgan fingerprint density at radius 1 is 0.962 bits per heavy atom. The van der Waals surface area contributed by atoms with Gasteiger partial charge in [0.1, 0.15) is 12.0 Å². The van der Waals surface area contributed by atoms with Crippen molar-refractivity contribution in [2.45, 2.75) is 19.3 Å². The fraction of sp³-hybridized carbons (Fsp3) is 0.381. The van der Waals surface area contributed by atoms with E-state index in [0.717, 1.165) is 24.2 Å². The Morgan fingerprint density at radius 2 is 1.42 bits per heavy atom. The molecule has 0 saturated carbocycles. The number of aliphatic hydroxyl groups excluding tert-OH is 1. The molecule has 0 fully saturated rings. The van der Waals surface area contributed by atoms with E-state index in [1.807, 2.05) is 60.7 Å². The summed E-state index contributed by atoms with van der Waals surface area (Å²) >= 11 is 0. The summed E-state index contributed by atoms with van der Waals surface area (Å²) in [4.78, 5) is 15.2. The number of benzene rings is 2. The van der Waals surface area contributed by atoms with Crippen LogP contribution in [0.25, 0.3) is 0 Å². The smallest absolute Gasteiger partial charge is 0.323 e. The van der Waals surface area contributed by atoms with Crippen LogP contribution in [0.15, 0.2) is 60.7 Å².